The maximum absolute atomic E-state index is 12.2. The molecule has 7 heteroatoms. The van der Waals surface area contributed by atoms with Gasteiger partial charge in [0.2, 0.25) is 0 Å². The minimum atomic E-state index is -4.45. The van der Waals surface area contributed by atoms with E-state index in [4.69, 9.17) is 5.11 Å². The van der Waals surface area contributed by atoms with Crippen LogP contribution >= 0.6 is 15.9 Å². The molecule has 1 unspecified atom stereocenters. The largest absolute Gasteiger partial charge is 0.480 e. The minimum Gasteiger partial charge on any atom is -0.480 e. The Kier molecular flexibility index (Phi) is 4.98. The fourth-order valence-electron chi connectivity index (χ4n) is 1.52. The highest BCUT2D eigenvalue weighted by molar-refractivity contribution is 9.10. The molecule has 1 rings (SSSR count). The fraction of sp³-hybridized carbons (Fsp3) is 0.417. The summed E-state index contributed by atoms with van der Waals surface area (Å²) in [6, 6.07) is 6.75. The molecule has 0 amide bonds. The first kappa shape index (κ1) is 16.0. The summed E-state index contributed by atoms with van der Waals surface area (Å²) in [5, 5.41) is 11.2. The normalized spacial score (nSPS) is 15.0. The van der Waals surface area contributed by atoms with Crippen LogP contribution in [-0.2, 0) is 11.2 Å². The molecule has 0 bridgehead atoms. The van der Waals surface area contributed by atoms with Crippen molar-refractivity contribution in [1.29, 1.82) is 0 Å². The van der Waals surface area contributed by atoms with E-state index in [1.54, 1.807) is 24.3 Å². The van der Waals surface area contributed by atoms with E-state index in [2.05, 4.69) is 21.2 Å². The van der Waals surface area contributed by atoms with E-state index >= 15 is 0 Å². The lowest BCUT2D eigenvalue weighted by atomic mass is 9.93. The van der Waals surface area contributed by atoms with Crippen LogP contribution in [-0.4, -0.2) is 29.3 Å². The number of carboxylic acid groups (broad SMARTS) is 1. The van der Waals surface area contributed by atoms with Crippen molar-refractivity contribution in [3.05, 3.63) is 34.3 Å². The summed E-state index contributed by atoms with van der Waals surface area (Å²) in [6.07, 6.45) is -4.48. The van der Waals surface area contributed by atoms with Gasteiger partial charge in [0.1, 0.15) is 5.54 Å². The van der Waals surface area contributed by atoms with Crippen LogP contribution in [0.4, 0.5) is 13.2 Å². The number of hydrogen-bond acceptors (Lipinski definition) is 2. The molecule has 0 radical (unpaired) electrons. The highest BCUT2D eigenvalue weighted by Gasteiger charge is 2.37. The highest BCUT2D eigenvalue weighted by atomic mass is 79.9. The summed E-state index contributed by atoms with van der Waals surface area (Å²) in [6.45, 7) is -0.102. The summed E-state index contributed by atoms with van der Waals surface area (Å²) in [5.41, 5.74) is -1.02. The number of alkyl halides is 3. The minimum absolute atomic E-state index is 0.0360. The van der Waals surface area contributed by atoms with Crippen molar-refractivity contribution in [3.63, 3.8) is 0 Å². The van der Waals surface area contributed by atoms with Crippen molar-refractivity contribution in [2.75, 3.05) is 6.54 Å². The Balaban J connectivity index is 2.82. The molecule has 0 aromatic heterocycles. The SMILES string of the molecule is CC(Cc1ccc(Br)cc1)(NCC(F)(F)F)C(=O)O. The smallest absolute Gasteiger partial charge is 0.401 e. The Bertz CT molecular complexity index is 447. The van der Waals surface area contributed by atoms with Crippen LogP contribution in [0.3, 0.4) is 0 Å². The zero-order valence-corrected chi connectivity index (χ0v) is 11.7. The molecule has 19 heavy (non-hydrogen) atoms. The van der Waals surface area contributed by atoms with E-state index < -0.39 is 24.2 Å². The number of benzene rings is 1. The third kappa shape index (κ3) is 5.20. The second-order valence-electron chi connectivity index (χ2n) is 4.41. The van der Waals surface area contributed by atoms with E-state index in [0.717, 1.165) is 4.47 Å². The topological polar surface area (TPSA) is 49.3 Å². The van der Waals surface area contributed by atoms with E-state index in [-0.39, 0.29) is 6.42 Å². The Labute approximate surface area is 116 Å². The van der Waals surface area contributed by atoms with Gasteiger partial charge in [-0.25, -0.2) is 0 Å². The third-order valence-electron chi connectivity index (χ3n) is 2.62. The first-order valence-electron chi connectivity index (χ1n) is 5.42. The number of aliphatic carboxylic acids is 1. The van der Waals surface area contributed by atoms with Crippen LogP contribution in [0.15, 0.2) is 28.7 Å². The van der Waals surface area contributed by atoms with Crippen LogP contribution in [0, 0.1) is 0 Å². The Hall–Kier alpha value is -1.08. The predicted octanol–water partition coefficient (Wildman–Crippen LogP) is 2.99. The lowest BCUT2D eigenvalue weighted by Crippen LogP contribution is -2.54. The van der Waals surface area contributed by atoms with Crippen molar-refractivity contribution >= 4 is 21.9 Å². The number of nitrogens with one attached hydrogen (secondary N) is 1. The molecule has 3 nitrogen and oxygen atoms in total. The van der Waals surface area contributed by atoms with Gasteiger partial charge in [-0.1, -0.05) is 28.1 Å². The molecular weight excluding hydrogens is 327 g/mol. The molecule has 0 aliphatic carbocycles. The lowest BCUT2D eigenvalue weighted by Gasteiger charge is -2.27. The lowest BCUT2D eigenvalue weighted by molar-refractivity contribution is -0.149. The third-order valence-corrected chi connectivity index (χ3v) is 3.15. The van der Waals surface area contributed by atoms with Crippen molar-refractivity contribution in [3.8, 4) is 0 Å². The Morgan fingerprint density at radius 2 is 1.84 bits per heavy atom. The maximum atomic E-state index is 12.2. The van der Waals surface area contributed by atoms with Gasteiger partial charge in [0.15, 0.2) is 0 Å². The molecule has 0 fully saturated rings. The molecule has 0 aliphatic rings. The van der Waals surface area contributed by atoms with Gasteiger partial charge in [0.05, 0.1) is 6.54 Å². The van der Waals surface area contributed by atoms with Gasteiger partial charge >= 0.3 is 12.1 Å². The summed E-state index contributed by atoms with van der Waals surface area (Å²) >= 11 is 3.23. The predicted molar refractivity (Wildman–Crippen MR) is 67.9 cm³/mol. The van der Waals surface area contributed by atoms with Crippen LogP contribution in [0.1, 0.15) is 12.5 Å². The standard InChI is InChI=1S/C12H13BrF3NO2/c1-11(10(18)19,17-7-12(14,15)16)6-8-2-4-9(13)5-3-8/h2-5,17H,6-7H2,1H3,(H,18,19). The highest BCUT2D eigenvalue weighted by Crippen LogP contribution is 2.19. The van der Waals surface area contributed by atoms with Crippen molar-refractivity contribution in [2.45, 2.75) is 25.1 Å². The average Bonchev–Trinajstić information content (AvgIpc) is 2.29. The Morgan fingerprint density at radius 3 is 2.26 bits per heavy atom. The van der Waals surface area contributed by atoms with Crippen molar-refractivity contribution in [1.82, 2.24) is 5.32 Å². The van der Waals surface area contributed by atoms with Crippen LogP contribution in [0.25, 0.3) is 0 Å². The average molecular weight is 340 g/mol. The van der Waals surface area contributed by atoms with E-state index in [1.807, 2.05) is 0 Å². The van der Waals surface area contributed by atoms with Crippen molar-refractivity contribution in [2.24, 2.45) is 0 Å². The van der Waals surface area contributed by atoms with E-state index in [1.165, 1.54) is 6.92 Å². The second kappa shape index (κ2) is 5.92. The number of hydrogen-bond donors (Lipinski definition) is 2. The second-order valence-corrected chi connectivity index (χ2v) is 5.32. The fourth-order valence-corrected chi connectivity index (χ4v) is 1.78. The van der Waals surface area contributed by atoms with E-state index in [9.17, 15) is 18.0 Å². The van der Waals surface area contributed by atoms with Gasteiger partial charge in [-0.15, -0.1) is 0 Å². The van der Waals surface area contributed by atoms with Gasteiger partial charge in [0.25, 0.3) is 0 Å². The monoisotopic (exact) mass is 339 g/mol. The molecule has 0 saturated carbocycles. The van der Waals surface area contributed by atoms with Crippen LogP contribution < -0.4 is 5.32 Å². The maximum Gasteiger partial charge on any atom is 0.401 e. The van der Waals surface area contributed by atoms with Crippen LogP contribution in [0.5, 0.6) is 0 Å². The zero-order valence-electron chi connectivity index (χ0n) is 10.1. The zero-order chi connectivity index (χ0) is 14.7. The number of carbonyl (C=O) groups is 1. The first-order valence-corrected chi connectivity index (χ1v) is 6.21. The molecule has 0 aliphatic heterocycles. The quantitative estimate of drug-likeness (QED) is 0.867. The molecule has 0 saturated heterocycles. The summed E-state index contributed by atoms with van der Waals surface area (Å²) < 4.78 is 37.4. The van der Waals surface area contributed by atoms with Gasteiger partial charge in [-0.3, -0.25) is 10.1 Å². The number of carboxylic acids is 1. The molecule has 0 heterocycles. The summed E-state index contributed by atoms with van der Waals surface area (Å²) in [5.74, 6) is -1.32. The van der Waals surface area contributed by atoms with Crippen molar-refractivity contribution < 1.29 is 23.1 Å². The molecule has 106 valence electrons. The van der Waals surface area contributed by atoms with Gasteiger partial charge in [-0.2, -0.15) is 13.2 Å². The molecule has 0 spiro atoms. The Morgan fingerprint density at radius 1 is 1.32 bits per heavy atom. The van der Waals surface area contributed by atoms with E-state index in [0.29, 0.717) is 5.56 Å². The van der Waals surface area contributed by atoms with Gasteiger partial charge in [0, 0.05) is 10.9 Å². The number of halogens is 4. The van der Waals surface area contributed by atoms with Crippen LogP contribution in [0.2, 0.25) is 0 Å². The molecule has 1 atom stereocenters. The molecule has 2 N–H and O–H groups in total. The first-order chi connectivity index (χ1) is 8.62. The van der Waals surface area contributed by atoms with Gasteiger partial charge < -0.3 is 5.11 Å². The molecule has 1 aromatic rings. The number of rotatable bonds is 5. The summed E-state index contributed by atoms with van der Waals surface area (Å²) in [4.78, 5) is 11.2. The van der Waals surface area contributed by atoms with Gasteiger partial charge in [-0.05, 0) is 24.6 Å². The summed E-state index contributed by atoms with van der Waals surface area (Å²) in [7, 11) is 0. The molecule has 1 aromatic carbocycles. The molecular formula is C12H13BrF3NO2.